The predicted octanol–water partition coefficient (Wildman–Crippen LogP) is 2.34. The molecule has 17 heavy (non-hydrogen) atoms. The van der Waals surface area contributed by atoms with Gasteiger partial charge in [0.15, 0.2) is 0 Å². The van der Waals surface area contributed by atoms with E-state index in [0.717, 1.165) is 34.2 Å². The highest BCUT2D eigenvalue weighted by molar-refractivity contribution is 9.10. The van der Waals surface area contributed by atoms with E-state index in [9.17, 15) is 0 Å². The van der Waals surface area contributed by atoms with Crippen LogP contribution in [0.15, 0.2) is 28.9 Å². The third-order valence-electron chi connectivity index (χ3n) is 2.85. The molecule has 0 radical (unpaired) electrons. The van der Waals surface area contributed by atoms with Crippen LogP contribution >= 0.6 is 15.9 Å². The molecule has 0 aliphatic carbocycles. The fourth-order valence-corrected chi connectivity index (χ4v) is 2.35. The molecule has 0 fully saturated rings. The largest absolute Gasteiger partial charge is 0.327 e. The second-order valence-electron chi connectivity index (χ2n) is 4.07. The zero-order valence-electron chi connectivity index (χ0n) is 9.50. The molecule has 0 spiro atoms. The fourth-order valence-electron chi connectivity index (χ4n) is 2.00. The number of benzene rings is 1. The summed E-state index contributed by atoms with van der Waals surface area (Å²) in [7, 11) is 1.96. The van der Waals surface area contributed by atoms with Gasteiger partial charge >= 0.3 is 0 Å². The molecule has 2 N–H and O–H groups in total. The van der Waals surface area contributed by atoms with Gasteiger partial charge in [-0.1, -0.05) is 15.9 Å². The number of hydrogen-bond donors (Lipinski definition) is 2. The van der Waals surface area contributed by atoms with E-state index in [-0.39, 0.29) is 0 Å². The van der Waals surface area contributed by atoms with Crippen molar-refractivity contribution >= 4 is 32.7 Å². The molecule has 0 bridgehead atoms. The van der Waals surface area contributed by atoms with Crippen LogP contribution in [0.4, 0.5) is 0 Å². The molecule has 0 amide bonds. The number of imidazole rings is 2. The monoisotopic (exact) mass is 292 g/mol. The van der Waals surface area contributed by atoms with Gasteiger partial charge in [-0.15, -0.1) is 0 Å². The number of aromatic nitrogens is 3. The van der Waals surface area contributed by atoms with Gasteiger partial charge in [0.1, 0.15) is 0 Å². The van der Waals surface area contributed by atoms with Crippen LogP contribution in [0.1, 0.15) is 5.69 Å². The van der Waals surface area contributed by atoms with Crippen LogP contribution < -0.4 is 5.32 Å². The number of fused-ring (bicyclic) bond motifs is 3. The Kier molecular flexibility index (Phi) is 2.64. The Morgan fingerprint density at radius 2 is 2.35 bits per heavy atom. The summed E-state index contributed by atoms with van der Waals surface area (Å²) in [6.45, 7) is 0.964. The van der Waals surface area contributed by atoms with Crippen molar-refractivity contribution in [3.63, 3.8) is 0 Å². The second kappa shape index (κ2) is 4.16. The van der Waals surface area contributed by atoms with Gasteiger partial charge < -0.3 is 10.3 Å². The number of aromatic amines is 1. The first kappa shape index (κ1) is 10.8. The first-order chi connectivity index (χ1) is 8.28. The highest BCUT2D eigenvalue weighted by Crippen LogP contribution is 2.21. The number of nitrogens with zero attached hydrogens (tertiary/aromatic N) is 2. The van der Waals surface area contributed by atoms with Crippen molar-refractivity contribution in [3.8, 4) is 0 Å². The number of likely N-dealkylation sites (N-methyl/N-ethyl adjacent to an activating group) is 1. The van der Waals surface area contributed by atoms with E-state index in [0.29, 0.717) is 0 Å². The molecule has 3 rings (SSSR count). The Morgan fingerprint density at radius 3 is 3.18 bits per heavy atom. The van der Waals surface area contributed by atoms with Crippen LogP contribution in [0.3, 0.4) is 0 Å². The first-order valence-electron chi connectivity index (χ1n) is 5.58. The van der Waals surface area contributed by atoms with E-state index in [2.05, 4.69) is 47.9 Å². The van der Waals surface area contributed by atoms with Gasteiger partial charge in [-0.25, -0.2) is 4.98 Å². The lowest BCUT2D eigenvalue weighted by Crippen LogP contribution is -2.10. The summed E-state index contributed by atoms with van der Waals surface area (Å²) in [6, 6.07) is 6.12. The van der Waals surface area contributed by atoms with Crippen molar-refractivity contribution in [1.29, 1.82) is 0 Å². The maximum Gasteiger partial charge on any atom is 0.212 e. The molecule has 0 saturated carbocycles. The maximum atomic E-state index is 4.55. The van der Waals surface area contributed by atoms with Gasteiger partial charge in [-0.2, -0.15) is 0 Å². The number of hydrogen-bond acceptors (Lipinski definition) is 2. The molecule has 2 aromatic heterocycles. The van der Waals surface area contributed by atoms with Crippen molar-refractivity contribution < 1.29 is 0 Å². The van der Waals surface area contributed by atoms with E-state index >= 15 is 0 Å². The lowest BCUT2D eigenvalue weighted by Gasteiger charge is -1.95. The van der Waals surface area contributed by atoms with Gasteiger partial charge in [0, 0.05) is 29.3 Å². The molecular formula is C12H13BrN4. The first-order valence-corrected chi connectivity index (χ1v) is 6.37. The van der Waals surface area contributed by atoms with Crippen molar-refractivity contribution in [2.45, 2.75) is 6.42 Å². The topological polar surface area (TPSA) is 45.1 Å². The van der Waals surface area contributed by atoms with E-state index < -0.39 is 0 Å². The smallest absolute Gasteiger partial charge is 0.212 e. The lowest BCUT2D eigenvalue weighted by molar-refractivity contribution is 0.780. The molecule has 3 aromatic rings. The normalized spacial score (nSPS) is 11.6. The summed E-state index contributed by atoms with van der Waals surface area (Å²) in [5, 5.41) is 3.14. The molecular weight excluding hydrogens is 280 g/mol. The van der Waals surface area contributed by atoms with Gasteiger partial charge in [0.05, 0.1) is 11.0 Å². The number of rotatable bonds is 3. The molecule has 0 aliphatic rings. The molecule has 0 atom stereocenters. The highest BCUT2D eigenvalue weighted by Gasteiger charge is 2.07. The van der Waals surface area contributed by atoms with Crippen LogP contribution in [0.2, 0.25) is 0 Å². The summed E-state index contributed by atoms with van der Waals surface area (Å²) < 4.78 is 3.18. The summed E-state index contributed by atoms with van der Waals surface area (Å²) in [5.41, 5.74) is 3.34. The van der Waals surface area contributed by atoms with Crippen molar-refractivity contribution in [2.75, 3.05) is 13.6 Å². The number of H-pyrrole nitrogens is 1. The Morgan fingerprint density at radius 1 is 1.47 bits per heavy atom. The molecule has 4 nitrogen and oxygen atoms in total. The van der Waals surface area contributed by atoms with Gasteiger partial charge in [0.25, 0.3) is 0 Å². The third-order valence-corrected chi connectivity index (χ3v) is 3.35. The fraction of sp³-hybridized carbons (Fsp3) is 0.250. The standard InChI is InChI=1S/C12H13BrN4/c1-14-5-4-9-7-17-11-6-8(13)2-3-10(11)16-12(17)15-9/h2-3,6-7,14H,4-5H2,1H3,(H,15,16). The van der Waals surface area contributed by atoms with Gasteiger partial charge in [-0.05, 0) is 25.2 Å². The van der Waals surface area contributed by atoms with Gasteiger partial charge in [-0.3, -0.25) is 4.40 Å². The highest BCUT2D eigenvalue weighted by atomic mass is 79.9. The van der Waals surface area contributed by atoms with Crippen LogP contribution in [0.5, 0.6) is 0 Å². The second-order valence-corrected chi connectivity index (χ2v) is 4.99. The molecule has 0 saturated heterocycles. The zero-order valence-corrected chi connectivity index (χ0v) is 11.1. The Labute approximate surface area is 107 Å². The van der Waals surface area contributed by atoms with Crippen LogP contribution in [-0.4, -0.2) is 28.0 Å². The SMILES string of the molecule is CNCCc1cn2c(nc3ccc(Br)cc32)[nH]1. The van der Waals surface area contributed by atoms with E-state index in [1.165, 1.54) is 5.69 Å². The van der Waals surface area contributed by atoms with E-state index in [4.69, 9.17) is 0 Å². The minimum absolute atomic E-state index is 0.907. The third kappa shape index (κ3) is 1.85. The minimum Gasteiger partial charge on any atom is -0.327 e. The number of nitrogens with one attached hydrogen (secondary N) is 2. The van der Waals surface area contributed by atoms with Crippen LogP contribution in [0.25, 0.3) is 16.8 Å². The zero-order chi connectivity index (χ0) is 11.8. The summed E-state index contributed by atoms with van der Waals surface area (Å²) in [4.78, 5) is 7.89. The molecule has 1 aromatic carbocycles. The van der Waals surface area contributed by atoms with E-state index in [1.807, 2.05) is 19.2 Å². The van der Waals surface area contributed by atoms with Crippen molar-refractivity contribution in [2.24, 2.45) is 0 Å². The molecule has 0 aliphatic heterocycles. The Balaban J connectivity index is 2.13. The van der Waals surface area contributed by atoms with Gasteiger partial charge in [0.2, 0.25) is 5.78 Å². The Bertz CT molecular complexity index is 668. The minimum atomic E-state index is 0.907. The van der Waals surface area contributed by atoms with Crippen molar-refractivity contribution in [1.82, 2.24) is 19.7 Å². The van der Waals surface area contributed by atoms with Crippen LogP contribution in [0, 0.1) is 0 Å². The molecule has 88 valence electrons. The maximum absolute atomic E-state index is 4.55. The average molecular weight is 293 g/mol. The summed E-state index contributed by atoms with van der Waals surface area (Å²) in [5.74, 6) is 0.907. The predicted molar refractivity (Wildman–Crippen MR) is 72.4 cm³/mol. The number of halogens is 1. The molecule has 5 heteroatoms. The van der Waals surface area contributed by atoms with Crippen molar-refractivity contribution in [3.05, 3.63) is 34.6 Å². The summed E-state index contributed by atoms with van der Waals surface area (Å²) >= 11 is 3.49. The molecule has 0 unspecified atom stereocenters. The Hall–Kier alpha value is -1.33. The quantitative estimate of drug-likeness (QED) is 0.778. The molecule has 2 heterocycles. The lowest BCUT2D eigenvalue weighted by atomic mass is 10.3. The summed E-state index contributed by atoms with van der Waals surface area (Å²) in [6.07, 6.45) is 3.10. The average Bonchev–Trinajstić information content (AvgIpc) is 2.84. The van der Waals surface area contributed by atoms with E-state index in [1.54, 1.807) is 0 Å². The van der Waals surface area contributed by atoms with Crippen LogP contribution in [-0.2, 0) is 6.42 Å².